The summed E-state index contributed by atoms with van der Waals surface area (Å²) in [5, 5.41) is 7.34. The standard InChI is InChI=1S/C12H17N3O4/c1-4-7-8-9(11(16)18-5-2)14-15-10(13-8)12(17)19-6-3/h4-7H2,1-3H3. The van der Waals surface area contributed by atoms with E-state index in [1.54, 1.807) is 13.8 Å². The summed E-state index contributed by atoms with van der Waals surface area (Å²) in [5.74, 6) is -1.37. The highest BCUT2D eigenvalue weighted by atomic mass is 16.5. The second kappa shape index (κ2) is 7.40. The van der Waals surface area contributed by atoms with Gasteiger partial charge in [0.05, 0.1) is 18.9 Å². The number of aryl methyl sites for hydroxylation is 1. The minimum Gasteiger partial charge on any atom is -0.461 e. The molecule has 104 valence electrons. The van der Waals surface area contributed by atoms with Crippen LogP contribution in [-0.2, 0) is 15.9 Å². The van der Waals surface area contributed by atoms with Gasteiger partial charge in [-0.1, -0.05) is 13.3 Å². The molecule has 1 aromatic heterocycles. The third kappa shape index (κ3) is 3.97. The molecule has 1 rings (SSSR count). The molecule has 0 saturated heterocycles. The molecule has 19 heavy (non-hydrogen) atoms. The molecule has 0 spiro atoms. The van der Waals surface area contributed by atoms with Gasteiger partial charge in [-0.3, -0.25) is 0 Å². The average molecular weight is 267 g/mol. The van der Waals surface area contributed by atoms with E-state index in [4.69, 9.17) is 9.47 Å². The van der Waals surface area contributed by atoms with E-state index in [-0.39, 0.29) is 24.7 Å². The predicted octanol–water partition coefficient (Wildman–Crippen LogP) is 1.18. The highest BCUT2D eigenvalue weighted by Gasteiger charge is 2.20. The van der Waals surface area contributed by atoms with E-state index < -0.39 is 11.9 Å². The minimum atomic E-state index is -0.650. The third-order valence-corrected chi connectivity index (χ3v) is 2.17. The van der Waals surface area contributed by atoms with Gasteiger partial charge < -0.3 is 9.47 Å². The topological polar surface area (TPSA) is 91.3 Å². The van der Waals surface area contributed by atoms with Crippen LogP contribution in [0.2, 0.25) is 0 Å². The van der Waals surface area contributed by atoms with Gasteiger partial charge >= 0.3 is 11.9 Å². The summed E-state index contributed by atoms with van der Waals surface area (Å²) in [4.78, 5) is 27.2. The fourth-order valence-corrected chi connectivity index (χ4v) is 1.41. The van der Waals surface area contributed by atoms with Crippen molar-refractivity contribution in [2.75, 3.05) is 13.2 Å². The van der Waals surface area contributed by atoms with E-state index in [2.05, 4.69) is 15.2 Å². The first kappa shape index (κ1) is 15.0. The van der Waals surface area contributed by atoms with Crippen LogP contribution in [0.4, 0.5) is 0 Å². The van der Waals surface area contributed by atoms with Crippen molar-refractivity contribution < 1.29 is 19.1 Å². The van der Waals surface area contributed by atoms with Crippen molar-refractivity contribution in [1.29, 1.82) is 0 Å². The van der Waals surface area contributed by atoms with E-state index in [1.165, 1.54) is 0 Å². The molecule has 0 aliphatic heterocycles. The van der Waals surface area contributed by atoms with Crippen molar-refractivity contribution in [2.45, 2.75) is 33.6 Å². The number of hydrogen-bond donors (Lipinski definition) is 0. The van der Waals surface area contributed by atoms with Gasteiger partial charge in [0.1, 0.15) is 0 Å². The Hall–Kier alpha value is -2.05. The van der Waals surface area contributed by atoms with Gasteiger partial charge in [-0.15, -0.1) is 10.2 Å². The van der Waals surface area contributed by atoms with E-state index >= 15 is 0 Å². The molecule has 0 N–H and O–H groups in total. The molecule has 0 amide bonds. The lowest BCUT2D eigenvalue weighted by molar-refractivity contribution is 0.0489. The molecule has 0 aromatic carbocycles. The largest absolute Gasteiger partial charge is 0.461 e. The summed E-state index contributed by atoms with van der Waals surface area (Å²) in [6.07, 6.45) is 1.27. The number of hydrogen-bond acceptors (Lipinski definition) is 7. The van der Waals surface area contributed by atoms with E-state index in [0.29, 0.717) is 12.1 Å². The molecule has 0 fully saturated rings. The molecule has 0 atom stereocenters. The first-order valence-corrected chi connectivity index (χ1v) is 6.21. The summed E-state index contributed by atoms with van der Waals surface area (Å²) in [6, 6.07) is 0. The molecule has 0 saturated carbocycles. The third-order valence-electron chi connectivity index (χ3n) is 2.17. The lowest BCUT2D eigenvalue weighted by Gasteiger charge is -2.07. The van der Waals surface area contributed by atoms with Gasteiger partial charge in [0, 0.05) is 0 Å². The van der Waals surface area contributed by atoms with Crippen LogP contribution in [0.25, 0.3) is 0 Å². The second-order valence-corrected chi connectivity index (χ2v) is 3.62. The zero-order chi connectivity index (χ0) is 14.3. The fourth-order valence-electron chi connectivity index (χ4n) is 1.41. The van der Waals surface area contributed by atoms with Gasteiger partial charge in [-0.25, -0.2) is 14.6 Å². The summed E-state index contributed by atoms with van der Waals surface area (Å²) in [5.41, 5.74) is 0.454. The van der Waals surface area contributed by atoms with Gasteiger partial charge in [0.25, 0.3) is 5.82 Å². The molecule has 7 heteroatoms. The summed E-state index contributed by atoms with van der Waals surface area (Å²) >= 11 is 0. The van der Waals surface area contributed by atoms with Crippen LogP contribution < -0.4 is 0 Å². The lowest BCUT2D eigenvalue weighted by atomic mass is 10.2. The Bertz CT molecular complexity index is 462. The van der Waals surface area contributed by atoms with Gasteiger partial charge in [-0.05, 0) is 20.3 Å². The maximum absolute atomic E-state index is 11.7. The number of esters is 2. The molecular formula is C12H17N3O4. The van der Waals surface area contributed by atoms with Crippen LogP contribution in [0.1, 0.15) is 54.0 Å². The fraction of sp³-hybridized carbons (Fsp3) is 0.583. The van der Waals surface area contributed by atoms with Crippen LogP contribution in [0.3, 0.4) is 0 Å². The molecule has 0 radical (unpaired) electrons. The van der Waals surface area contributed by atoms with Crippen molar-refractivity contribution in [2.24, 2.45) is 0 Å². The first-order chi connectivity index (χ1) is 9.13. The Labute approximate surface area is 111 Å². The van der Waals surface area contributed by atoms with Crippen molar-refractivity contribution in [3.8, 4) is 0 Å². The number of aromatic nitrogens is 3. The molecule has 0 bridgehead atoms. The first-order valence-electron chi connectivity index (χ1n) is 6.21. The monoisotopic (exact) mass is 267 g/mol. The Morgan fingerprint density at radius 3 is 2.21 bits per heavy atom. The van der Waals surface area contributed by atoms with Crippen molar-refractivity contribution >= 4 is 11.9 Å². The highest BCUT2D eigenvalue weighted by Crippen LogP contribution is 2.08. The lowest BCUT2D eigenvalue weighted by Crippen LogP contribution is -2.18. The second-order valence-electron chi connectivity index (χ2n) is 3.62. The van der Waals surface area contributed by atoms with E-state index in [1.807, 2.05) is 6.92 Å². The smallest absolute Gasteiger partial charge is 0.378 e. The number of carbonyl (C=O) groups is 2. The summed E-state index contributed by atoms with van der Waals surface area (Å²) in [6.45, 7) is 5.79. The van der Waals surface area contributed by atoms with E-state index in [9.17, 15) is 9.59 Å². The molecule has 1 aromatic rings. The maximum atomic E-state index is 11.7. The van der Waals surface area contributed by atoms with Crippen LogP contribution in [-0.4, -0.2) is 40.3 Å². The average Bonchev–Trinajstić information content (AvgIpc) is 2.39. The molecule has 1 heterocycles. The quantitative estimate of drug-likeness (QED) is 0.714. The SMILES string of the molecule is CCCc1nc(C(=O)OCC)nnc1C(=O)OCC. The molecule has 7 nitrogen and oxygen atoms in total. The van der Waals surface area contributed by atoms with Crippen LogP contribution in [0.5, 0.6) is 0 Å². The molecule has 0 unspecified atom stereocenters. The van der Waals surface area contributed by atoms with Crippen LogP contribution >= 0.6 is 0 Å². The van der Waals surface area contributed by atoms with Crippen molar-refractivity contribution in [1.82, 2.24) is 15.2 Å². The normalized spacial score (nSPS) is 10.1. The van der Waals surface area contributed by atoms with Gasteiger partial charge in [0.15, 0.2) is 5.69 Å². The highest BCUT2D eigenvalue weighted by molar-refractivity contribution is 5.89. The number of ether oxygens (including phenoxy) is 2. The summed E-state index contributed by atoms with van der Waals surface area (Å²) in [7, 11) is 0. The molecular weight excluding hydrogens is 250 g/mol. The zero-order valence-corrected chi connectivity index (χ0v) is 11.3. The molecule has 0 aliphatic carbocycles. The van der Waals surface area contributed by atoms with Crippen molar-refractivity contribution in [3.05, 3.63) is 17.2 Å². The van der Waals surface area contributed by atoms with Crippen LogP contribution in [0, 0.1) is 0 Å². The Morgan fingerprint density at radius 2 is 1.63 bits per heavy atom. The number of rotatable bonds is 6. The van der Waals surface area contributed by atoms with Crippen LogP contribution in [0.15, 0.2) is 0 Å². The van der Waals surface area contributed by atoms with Gasteiger partial charge in [0.2, 0.25) is 0 Å². The number of carbonyl (C=O) groups excluding carboxylic acids is 2. The zero-order valence-electron chi connectivity index (χ0n) is 11.3. The van der Waals surface area contributed by atoms with Crippen molar-refractivity contribution in [3.63, 3.8) is 0 Å². The minimum absolute atomic E-state index is 0.0525. The Balaban J connectivity index is 3.06. The van der Waals surface area contributed by atoms with E-state index in [0.717, 1.165) is 6.42 Å². The Morgan fingerprint density at radius 1 is 1.00 bits per heavy atom. The maximum Gasteiger partial charge on any atom is 0.378 e. The summed E-state index contributed by atoms with van der Waals surface area (Å²) < 4.78 is 9.65. The molecule has 0 aliphatic rings. The number of nitrogens with zero attached hydrogens (tertiary/aromatic N) is 3. The van der Waals surface area contributed by atoms with Gasteiger partial charge in [-0.2, -0.15) is 0 Å². The predicted molar refractivity (Wildman–Crippen MR) is 65.7 cm³/mol. The Kier molecular flexibility index (Phi) is 5.84.